The number of piperidine rings is 1. The van der Waals surface area contributed by atoms with E-state index < -0.39 is 11.7 Å². The van der Waals surface area contributed by atoms with Crippen molar-refractivity contribution in [3.63, 3.8) is 0 Å². The third kappa shape index (κ3) is 5.36. The van der Waals surface area contributed by atoms with Crippen LogP contribution in [0.15, 0.2) is 48.5 Å². The molecule has 5 heteroatoms. The molecule has 0 amide bonds. The lowest BCUT2D eigenvalue weighted by atomic mass is 9.98. The number of rotatable bonds is 6. The molecule has 0 aliphatic carbocycles. The van der Waals surface area contributed by atoms with Crippen molar-refractivity contribution >= 4 is 0 Å². The highest BCUT2D eigenvalue weighted by Crippen LogP contribution is 2.31. The fraction of sp³-hybridized carbons (Fsp3) is 0.478. The Morgan fingerprint density at radius 1 is 0.821 bits per heavy atom. The summed E-state index contributed by atoms with van der Waals surface area (Å²) >= 11 is 0. The Bertz CT molecular complexity index is 743. The molecule has 1 saturated heterocycles. The van der Waals surface area contributed by atoms with Gasteiger partial charge in [-0.15, -0.1) is 0 Å². The maximum Gasteiger partial charge on any atom is 0.416 e. The van der Waals surface area contributed by atoms with Gasteiger partial charge >= 0.3 is 6.18 Å². The Kier molecular flexibility index (Phi) is 6.46. The monoisotopic (exact) mass is 390 g/mol. The number of nitrogens with zero attached hydrogens (tertiary/aromatic N) is 1. The van der Waals surface area contributed by atoms with Crippen LogP contribution in [0.2, 0.25) is 0 Å². The van der Waals surface area contributed by atoms with E-state index in [2.05, 4.69) is 24.1 Å². The molecule has 152 valence electrons. The van der Waals surface area contributed by atoms with Gasteiger partial charge < -0.3 is 5.32 Å². The Labute approximate surface area is 165 Å². The first-order valence-electron chi connectivity index (χ1n) is 9.98. The topological polar surface area (TPSA) is 15.3 Å². The first-order valence-corrected chi connectivity index (χ1v) is 9.98. The number of likely N-dealkylation sites (tertiary alicyclic amines) is 1. The molecule has 0 radical (unpaired) electrons. The smallest absolute Gasteiger partial charge is 0.311 e. The van der Waals surface area contributed by atoms with Gasteiger partial charge in [0.05, 0.1) is 5.56 Å². The van der Waals surface area contributed by atoms with Gasteiger partial charge in [-0.3, -0.25) is 4.90 Å². The van der Waals surface area contributed by atoms with E-state index in [4.69, 9.17) is 0 Å². The zero-order valence-corrected chi connectivity index (χ0v) is 16.6. The van der Waals surface area contributed by atoms with Crippen LogP contribution < -0.4 is 5.32 Å². The highest BCUT2D eigenvalue weighted by molar-refractivity contribution is 5.64. The molecule has 2 aromatic rings. The fourth-order valence-corrected chi connectivity index (χ4v) is 3.79. The summed E-state index contributed by atoms with van der Waals surface area (Å²) in [6, 6.07) is 13.3. The molecule has 0 spiro atoms. The van der Waals surface area contributed by atoms with E-state index in [1.807, 2.05) is 24.3 Å². The summed E-state index contributed by atoms with van der Waals surface area (Å²) in [6.07, 6.45) is -0.384. The van der Waals surface area contributed by atoms with E-state index >= 15 is 0 Å². The van der Waals surface area contributed by atoms with Crippen LogP contribution in [0, 0.1) is 0 Å². The zero-order valence-electron chi connectivity index (χ0n) is 16.6. The minimum atomic E-state index is -4.30. The van der Waals surface area contributed by atoms with E-state index in [0.29, 0.717) is 0 Å². The fourth-order valence-electron chi connectivity index (χ4n) is 3.79. The summed E-state index contributed by atoms with van der Waals surface area (Å²) in [7, 11) is 0. The molecule has 1 heterocycles. The minimum absolute atomic E-state index is 0.139. The molecule has 3 rings (SSSR count). The van der Waals surface area contributed by atoms with Crippen LogP contribution in [0.3, 0.4) is 0 Å². The van der Waals surface area contributed by atoms with E-state index in [1.54, 1.807) is 0 Å². The lowest BCUT2D eigenvalue weighted by molar-refractivity contribution is -0.137. The molecule has 0 unspecified atom stereocenters. The second-order valence-corrected chi connectivity index (χ2v) is 8.24. The van der Waals surface area contributed by atoms with Crippen LogP contribution in [0.5, 0.6) is 0 Å². The first-order chi connectivity index (χ1) is 13.3. The quantitative estimate of drug-likeness (QED) is 0.678. The Balaban J connectivity index is 1.54. The Hall–Kier alpha value is -1.85. The number of halogens is 3. The van der Waals surface area contributed by atoms with Crippen LogP contribution in [-0.2, 0) is 12.7 Å². The maximum atomic E-state index is 12.7. The molecule has 2 aromatic carbocycles. The molecule has 2 nitrogen and oxygen atoms in total. The third-order valence-electron chi connectivity index (χ3n) is 5.60. The highest BCUT2D eigenvalue weighted by Gasteiger charge is 2.30. The van der Waals surface area contributed by atoms with E-state index in [-0.39, 0.29) is 5.54 Å². The van der Waals surface area contributed by atoms with Gasteiger partial charge in [0.1, 0.15) is 0 Å². The summed E-state index contributed by atoms with van der Waals surface area (Å²) in [4.78, 5) is 2.57. The van der Waals surface area contributed by atoms with Gasteiger partial charge in [-0.2, -0.15) is 13.2 Å². The highest BCUT2D eigenvalue weighted by atomic mass is 19.4. The normalized spacial score (nSPS) is 16.3. The van der Waals surface area contributed by atoms with Gasteiger partial charge in [0, 0.05) is 18.6 Å². The van der Waals surface area contributed by atoms with Gasteiger partial charge in [-0.1, -0.05) is 42.8 Å². The predicted octanol–water partition coefficient (Wildman–Crippen LogP) is 5.73. The molecule has 0 aromatic heterocycles. The Morgan fingerprint density at radius 2 is 1.36 bits per heavy atom. The number of hydrogen-bond acceptors (Lipinski definition) is 2. The van der Waals surface area contributed by atoms with Crippen molar-refractivity contribution in [1.29, 1.82) is 0 Å². The van der Waals surface area contributed by atoms with Crippen molar-refractivity contribution in [3.8, 4) is 11.1 Å². The molecule has 1 aliphatic heterocycles. The minimum Gasteiger partial charge on any atom is -0.311 e. The first kappa shape index (κ1) is 20.9. The lowest BCUT2D eigenvalue weighted by Crippen LogP contribution is -2.52. The summed E-state index contributed by atoms with van der Waals surface area (Å²) in [6.45, 7) is 8.64. The van der Waals surface area contributed by atoms with E-state index in [9.17, 15) is 13.2 Å². The standard InChI is InChI=1S/C23H29F3N2/c1-22(2,28-14-4-3-5-15-28)17-27-16-18-6-8-19(9-7-18)20-10-12-21(13-11-20)23(24,25)26/h6-13,27H,3-5,14-17H2,1-2H3. The zero-order chi connectivity index (χ0) is 20.2. The molecule has 1 N–H and O–H groups in total. The molecule has 0 saturated carbocycles. The van der Waals surface area contributed by atoms with Gasteiger partial charge in [0.25, 0.3) is 0 Å². The number of hydrogen-bond donors (Lipinski definition) is 1. The van der Waals surface area contributed by atoms with E-state index in [1.165, 1.54) is 50.0 Å². The summed E-state index contributed by atoms with van der Waals surface area (Å²) < 4.78 is 38.1. The maximum absolute atomic E-state index is 12.7. The van der Waals surface area contributed by atoms with Crippen LogP contribution in [0.25, 0.3) is 11.1 Å². The Morgan fingerprint density at radius 3 is 1.89 bits per heavy atom. The lowest BCUT2D eigenvalue weighted by Gasteiger charge is -2.41. The summed E-state index contributed by atoms with van der Waals surface area (Å²) in [5, 5.41) is 3.56. The van der Waals surface area contributed by atoms with Crippen molar-refractivity contribution in [2.24, 2.45) is 0 Å². The van der Waals surface area contributed by atoms with Gasteiger partial charge in [0.2, 0.25) is 0 Å². The second-order valence-electron chi connectivity index (χ2n) is 8.24. The molecule has 28 heavy (non-hydrogen) atoms. The van der Waals surface area contributed by atoms with Crippen LogP contribution >= 0.6 is 0 Å². The third-order valence-corrected chi connectivity index (χ3v) is 5.60. The number of alkyl halides is 3. The van der Waals surface area contributed by atoms with Gasteiger partial charge in [-0.25, -0.2) is 0 Å². The van der Waals surface area contributed by atoms with Gasteiger partial charge in [0.15, 0.2) is 0 Å². The van der Waals surface area contributed by atoms with Crippen LogP contribution in [0.1, 0.15) is 44.2 Å². The molecular weight excluding hydrogens is 361 g/mol. The molecule has 1 fully saturated rings. The SMILES string of the molecule is CC(C)(CNCc1ccc(-c2ccc(C(F)(F)F)cc2)cc1)N1CCCCC1. The second kappa shape index (κ2) is 8.66. The van der Waals surface area contributed by atoms with Crippen LogP contribution in [-0.4, -0.2) is 30.1 Å². The van der Waals surface area contributed by atoms with E-state index in [0.717, 1.165) is 36.3 Å². The van der Waals surface area contributed by atoms with Crippen molar-refractivity contribution < 1.29 is 13.2 Å². The summed E-state index contributed by atoms with van der Waals surface area (Å²) in [5.74, 6) is 0. The van der Waals surface area contributed by atoms with Crippen molar-refractivity contribution in [1.82, 2.24) is 10.2 Å². The largest absolute Gasteiger partial charge is 0.416 e. The number of benzene rings is 2. The molecular formula is C23H29F3N2. The van der Waals surface area contributed by atoms with Gasteiger partial charge in [-0.05, 0) is 68.6 Å². The van der Waals surface area contributed by atoms with Crippen molar-refractivity contribution in [2.75, 3.05) is 19.6 Å². The average molecular weight is 390 g/mol. The summed E-state index contributed by atoms with van der Waals surface area (Å²) in [5.41, 5.74) is 2.41. The van der Waals surface area contributed by atoms with Crippen molar-refractivity contribution in [2.45, 2.75) is 51.4 Å². The predicted molar refractivity (Wildman–Crippen MR) is 108 cm³/mol. The van der Waals surface area contributed by atoms with Crippen LogP contribution in [0.4, 0.5) is 13.2 Å². The average Bonchev–Trinajstić information content (AvgIpc) is 2.68. The van der Waals surface area contributed by atoms with Crippen molar-refractivity contribution in [3.05, 3.63) is 59.7 Å². The number of nitrogens with one attached hydrogen (secondary N) is 1. The molecule has 0 bridgehead atoms. The molecule has 0 atom stereocenters. The molecule has 1 aliphatic rings.